The topological polar surface area (TPSA) is 59.7 Å². The first-order chi connectivity index (χ1) is 8.50. The molecule has 0 amide bonds. The van der Waals surface area contributed by atoms with Crippen LogP contribution in [0.5, 0.6) is 0 Å². The van der Waals surface area contributed by atoms with Gasteiger partial charge in [-0.2, -0.15) is 13.2 Å². The molecule has 0 saturated carbocycles. The molecular formula is C12H15F3O4. The molecule has 0 unspecified atom stereocenters. The summed E-state index contributed by atoms with van der Waals surface area (Å²) in [5, 5.41) is 8.83. The van der Waals surface area contributed by atoms with Gasteiger partial charge in [0.05, 0.1) is 6.61 Å². The van der Waals surface area contributed by atoms with Gasteiger partial charge in [-0.3, -0.25) is 0 Å². The molecule has 1 aromatic rings. The van der Waals surface area contributed by atoms with E-state index in [0.717, 1.165) is 0 Å². The molecule has 0 saturated heterocycles. The average molecular weight is 280 g/mol. The van der Waals surface area contributed by atoms with E-state index in [-0.39, 0.29) is 12.4 Å². The molecule has 4 nitrogen and oxygen atoms in total. The smallest absolute Gasteiger partial charge is 0.411 e. The van der Waals surface area contributed by atoms with Crippen LogP contribution in [0.1, 0.15) is 42.6 Å². The van der Waals surface area contributed by atoms with E-state index < -0.39 is 24.2 Å². The Morgan fingerprint density at radius 3 is 2.37 bits per heavy atom. The Bertz CT molecular complexity index is 455. The summed E-state index contributed by atoms with van der Waals surface area (Å²) >= 11 is 0. The van der Waals surface area contributed by atoms with Gasteiger partial charge in [-0.05, 0) is 6.07 Å². The molecule has 0 aliphatic rings. The van der Waals surface area contributed by atoms with Crippen LogP contribution in [0.3, 0.4) is 0 Å². The van der Waals surface area contributed by atoms with Crippen molar-refractivity contribution in [2.45, 2.75) is 39.0 Å². The minimum atomic E-state index is -4.42. The van der Waals surface area contributed by atoms with Crippen LogP contribution in [0.2, 0.25) is 0 Å². The molecule has 0 aromatic carbocycles. The standard InChI is InChI=1S/C12H15F3O4/c1-11(2,3)9-7(4-8(19-9)10(16)17)5-18-6-12(13,14)15/h4H,5-6H2,1-3H3,(H,16,17). The van der Waals surface area contributed by atoms with Crippen molar-refractivity contribution in [3.05, 3.63) is 23.2 Å². The maximum absolute atomic E-state index is 12.0. The van der Waals surface area contributed by atoms with Gasteiger partial charge in [0.25, 0.3) is 0 Å². The normalized spacial score (nSPS) is 12.7. The maximum atomic E-state index is 12.0. The third-order valence-corrected chi connectivity index (χ3v) is 2.22. The van der Waals surface area contributed by atoms with Crippen molar-refractivity contribution in [3.8, 4) is 0 Å². The van der Waals surface area contributed by atoms with Crippen molar-refractivity contribution in [1.29, 1.82) is 0 Å². The van der Waals surface area contributed by atoms with Gasteiger partial charge in [-0.1, -0.05) is 20.8 Å². The number of halogens is 3. The lowest BCUT2D eigenvalue weighted by molar-refractivity contribution is -0.176. The van der Waals surface area contributed by atoms with E-state index in [1.165, 1.54) is 6.07 Å². The molecule has 19 heavy (non-hydrogen) atoms. The summed E-state index contributed by atoms with van der Waals surface area (Å²) in [6.07, 6.45) is -4.42. The Balaban J connectivity index is 2.89. The number of carbonyl (C=O) groups is 1. The number of alkyl halides is 3. The number of rotatable bonds is 4. The summed E-state index contributed by atoms with van der Waals surface area (Å²) in [7, 11) is 0. The molecule has 0 aliphatic carbocycles. The summed E-state index contributed by atoms with van der Waals surface area (Å²) in [6.45, 7) is 3.58. The summed E-state index contributed by atoms with van der Waals surface area (Å²) < 4.78 is 45.6. The Morgan fingerprint density at radius 1 is 1.37 bits per heavy atom. The molecule has 0 atom stereocenters. The fraction of sp³-hybridized carbons (Fsp3) is 0.583. The number of aromatic carboxylic acids is 1. The SMILES string of the molecule is CC(C)(C)c1oc(C(=O)O)cc1COCC(F)(F)F. The Morgan fingerprint density at radius 2 is 1.95 bits per heavy atom. The monoisotopic (exact) mass is 280 g/mol. The molecule has 108 valence electrons. The zero-order valence-corrected chi connectivity index (χ0v) is 10.8. The molecular weight excluding hydrogens is 265 g/mol. The van der Waals surface area contributed by atoms with Gasteiger partial charge in [0.2, 0.25) is 5.76 Å². The van der Waals surface area contributed by atoms with Crippen molar-refractivity contribution in [2.24, 2.45) is 0 Å². The van der Waals surface area contributed by atoms with Gasteiger partial charge < -0.3 is 14.3 Å². The highest BCUT2D eigenvalue weighted by Crippen LogP contribution is 2.30. The van der Waals surface area contributed by atoms with Crippen LogP contribution in [-0.2, 0) is 16.8 Å². The minimum absolute atomic E-state index is 0.310. The van der Waals surface area contributed by atoms with Crippen molar-refractivity contribution in [1.82, 2.24) is 0 Å². The summed E-state index contributed by atoms with van der Waals surface area (Å²) in [5.41, 5.74) is -0.209. The lowest BCUT2D eigenvalue weighted by Crippen LogP contribution is -2.18. The lowest BCUT2D eigenvalue weighted by atomic mass is 9.91. The van der Waals surface area contributed by atoms with E-state index in [9.17, 15) is 18.0 Å². The van der Waals surface area contributed by atoms with Gasteiger partial charge in [-0.25, -0.2) is 4.79 Å². The van der Waals surface area contributed by atoms with E-state index in [4.69, 9.17) is 9.52 Å². The van der Waals surface area contributed by atoms with Crippen LogP contribution >= 0.6 is 0 Å². The number of hydrogen-bond donors (Lipinski definition) is 1. The van der Waals surface area contributed by atoms with Gasteiger partial charge in [-0.15, -0.1) is 0 Å². The summed E-state index contributed by atoms with van der Waals surface area (Å²) in [5.74, 6) is -1.27. The average Bonchev–Trinajstić information content (AvgIpc) is 2.59. The predicted octanol–water partition coefficient (Wildman–Crippen LogP) is 3.35. The molecule has 1 aromatic heterocycles. The summed E-state index contributed by atoms with van der Waals surface area (Å²) in [4.78, 5) is 10.8. The van der Waals surface area contributed by atoms with Crippen LogP contribution in [-0.4, -0.2) is 23.9 Å². The zero-order chi connectivity index (χ0) is 14.8. The molecule has 0 bridgehead atoms. The number of furan rings is 1. The molecule has 1 rings (SSSR count). The molecule has 0 fully saturated rings. The van der Waals surface area contributed by atoms with Crippen LogP contribution in [0.25, 0.3) is 0 Å². The number of carboxylic acid groups (broad SMARTS) is 1. The van der Waals surface area contributed by atoms with Crippen LogP contribution < -0.4 is 0 Å². The second-order valence-corrected chi connectivity index (χ2v) is 5.13. The first kappa shape index (κ1) is 15.6. The molecule has 1 N–H and O–H groups in total. The maximum Gasteiger partial charge on any atom is 0.411 e. The first-order valence-corrected chi connectivity index (χ1v) is 5.51. The highest BCUT2D eigenvalue weighted by Gasteiger charge is 2.29. The van der Waals surface area contributed by atoms with E-state index in [0.29, 0.717) is 11.3 Å². The van der Waals surface area contributed by atoms with Gasteiger partial charge in [0.1, 0.15) is 12.4 Å². The second-order valence-electron chi connectivity index (χ2n) is 5.13. The van der Waals surface area contributed by atoms with Crippen molar-refractivity contribution in [3.63, 3.8) is 0 Å². The highest BCUT2D eigenvalue weighted by molar-refractivity contribution is 5.84. The van der Waals surface area contributed by atoms with E-state index in [1.807, 2.05) is 0 Å². The van der Waals surface area contributed by atoms with E-state index in [1.54, 1.807) is 20.8 Å². The van der Waals surface area contributed by atoms with Gasteiger partial charge in [0, 0.05) is 11.0 Å². The van der Waals surface area contributed by atoms with Gasteiger partial charge >= 0.3 is 12.1 Å². The Kier molecular flexibility index (Phi) is 4.29. The summed E-state index contributed by atoms with van der Waals surface area (Å²) in [6, 6.07) is 1.19. The predicted molar refractivity (Wildman–Crippen MR) is 60.1 cm³/mol. The van der Waals surface area contributed by atoms with Crippen molar-refractivity contribution >= 4 is 5.97 Å². The lowest BCUT2D eigenvalue weighted by Gasteiger charge is -2.17. The molecule has 1 heterocycles. The number of hydrogen-bond acceptors (Lipinski definition) is 3. The first-order valence-electron chi connectivity index (χ1n) is 5.51. The molecule has 0 spiro atoms. The Hall–Kier alpha value is -1.50. The molecule has 0 aliphatic heterocycles. The number of carboxylic acids is 1. The van der Waals surface area contributed by atoms with Crippen molar-refractivity contribution < 1.29 is 32.2 Å². The fourth-order valence-corrected chi connectivity index (χ4v) is 1.55. The zero-order valence-electron chi connectivity index (χ0n) is 10.8. The minimum Gasteiger partial charge on any atom is -0.475 e. The highest BCUT2D eigenvalue weighted by atomic mass is 19.4. The van der Waals surface area contributed by atoms with Gasteiger partial charge in [0.15, 0.2) is 0 Å². The van der Waals surface area contributed by atoms with Crippen LogP contribution in [0, 0.1) is 0 Å². The molecule has 0 radical (unpaired) electrons. The number of ether oxygens (including phenoxy) is 1. The van der Waals surface area contributed by atoms with E-state index >= 15 is 0 Å². The third kappa shape index (κ3) is 4.59. The van der Waals surface area contributed by atoms with E-state index in [2.05, 4.69) is 4.74 Å². The largest absolute Gasteiger partial charge is 0.475 e. The fourth-order valence-electron chi connectivity index (χ4n) is 1.55. The molecule has 7 heteroatoms. The second kappa shape index (κ2) is 5.24. The van der Waals surface area contributed by atoms with Crippen LogP contribution in [0.15, 0.2) is 10.5 Å². The van der Waals surface area contributed by atoms with Crippen LogP contribution in [0.4, 0.5) is 13.2 Å². The quantitative estimate of drug-likeness (QED) is 0.918. The van der Waals surface area contributed by atoms with Crippen molar-refractivity contribution in [2.75, 3.05) is 6.61 Å². The third-order valence-electron chi connectivity index (χ3n) is 2.22. The Labute approximate surface area is 108 Å².